The maximum Gasteiger partial charge on any atom is 0.159 e. The van der Waals surface area contributed by atoms with Gasteiger partial charge in [0.2, 0.25) is 0 Å². The molecule has 0 spiro atoms. The summed E-state index contributed by atoms with van der Waals surface area (Å²) in [6, 6.07) is 3.66. The third-order valence-corrected chi connectivity index (χ3v) is 4.85. The van der Waals surface area contributed by atoms with Gasteiger partial charge in [-0.05, 0) is 30.5 Å². The minimum Gasteiger partial charge on any atom is -0.298 e. The molecule has 0 heterocycles. The molecule has 0 radical (unpaired) electrons. The minimum atomic E-state index is -0.884. The Morgan fingerprint density at radius 3 is 2.58 bits per heavy atom. The van der Waals surface area contributed by atoms with Crippen LogP contribution in [0.2, 0.25) is 0 Å². The molecule has 1 aliphatic carbocycles. The maximum atomic E-state index is 13.0. The SMILES string of the molecule is O=C(CSC1CCCCC1)Cc1ccc(F)c(F)c1. The molecule has 1 saturated carbocycles. The highest BCUT2D eigenvalue weighted by Crippen LogP contribution is 2.28. The van der Waals surface area contributed by atoms with Crippen LogP contribution in [0.3, 0.4) is 0 Å². The van der Waals surface area contributed by atoms with Crippen LogP contribution in [0.25, 0.3) is 0 Å². The first-order valence-corrected chi connectivity index (χ1v) is 7.77. The number of ketones is 1. The molecule has 0 amide bonds. The fraction of sp³-hybridized carbons (Fsp3) is 0.533. The van der Waals surface area contributed by atoms with Crippen molar-refractivity contribution < 1.29 is 13.6 Å². The second-order valence-electron chi connectivity index (χ2n) is 5.03. The highest BCUT2D eigenvalue weighted by molar-refractivity contribution is 8.00. The van der Waals surface area contributed by atoms with Gasteiger partial charge in [0.1, 0.15) is 5.78 Å². The van der Waals surface area contributed by atoms with E-state index in [9.17, 15) is 13.6 Å². The molecular weight excluding hydrogens is 266 g/mol. The predicted molar refractivity (Wildman–Crippen MR) is 74.4 cm³/mol. The monoisotopic (exact) mass is 284 g/mol. The van der Waals surface area contributed by atoms with Crippen LogP contribution in [0, 0.1) is 11.6 Å². The lowest BCUT2D eigenvalue weighted by atomic mass is 10.0. The number of carbonyl (C=O) groups is 1. The fourth-order valence-corrected chi connectivity index (χ4v) is 3.56. The Hall–Kier alpha value is -0.900. The van der Waals surface area contributed by atoms with Crippen molar-refractivity contribution in [3.05, 3.63) is 35.4 Å². The van der Waals surface area contributed by atoms with E-state index in [2.05, 4.69) is 0 Å². The molecule has 1 aliphatic rings. The van der Waals surface area contributed by atoms with Crippen LogP contribution in [0.1, 0.15) is 37.7 Å². The lowest BCUT2D eigenvalue weighted by Crippen LogP contribution is -2.13. The molecule has 0 N–H and O–H groups in total. The van der Waals surface area contributed by atoms with Gasteiger partial charge in [-0.15, -0.1) is 0 Å². The molecule has 1 aromatic rings. The summed E-state index contributed by atoms with van der Waals surface area (Å²) >= 11 is 1.71. The van der Waals surface area contributed by atoms with Crippen molar-refractivity contribution in [1.29, 1.82) is 0 Å². The van der Waals surface area contributed by atoms with Gasteiger partial charge in [0.25, 0.3) is 0 Å². The van der Waals surface area contributed by atoms with E-state index in [0.29, 0.717) is 16.6 Å². The zero-order valence-electron chi connectivity index (χ0n) is 10.8. The van der Waals surface area contributed by atoms with Crippen molar-refractivity contribution in [3.63, 3.8) is 0 Å². The largest absolute Gasteiger partial charge is 0.298 e. The molecule has 4 heteroatoms. The zero-order valence-corrected chi connectivity index (χ0v) is 11.6. The summed E-state index contributed by atoms with van der Waals surface area (Å²) < 4.78 is 25.8. The van der Waals surface area contributed by atoms with Crippen molar-refractivity contribution in [1.82, 2.24) is 0 Å². The number of thioether (sulfide) groups is 1. The number of carbonyl (C=O) groups excluding carboxylic acids is 1. The first-order valence-electron chi connectivity index (χ1n) is 6.72. The van der Waals surface area contributed by atoms with E-state index in [1.54, 1.807) is 11.8 Å². The first-order chi connectivity index (χ1) is 9.15. The number of rotatable bonds is 5. The number of hydrogen-bond acceptors (Lipinski definition) is 2. The van der Waals surface area contributed by atoms with Crippen LogP contribution < -0.4 is 0 Å². The summed E-state index contributed by atoms with van der Waals surface area (Å²) in [7, 11) is 0. The molecule has 0 aliphatic heterocycles. The van der Waals surface area contributed by atoms with Crippen LogP contribution in [0.4, 0.5) is 8.78 Å². The normalized spacial score (nSPS) is 16.5. The third-order valence-electron chi connectivity index (χ3n) is 3.42. The standard InChI is InChI=1S/C15H18F2OS/c16-14-7-6-11(9-15(14)17)8-12(18)10-19-13-4-2-1-3-5-13/h6-7,9,13H,1-5,8,10H2. The molecule has 1 aromatic carbocycles. The van der Waals surface area contributed by atoms with Crippen molar-refractivity contribution in [2.75, 3.05) is 5.75 Å². The van der Waals surface area contributed by atoms with Gasteiger partial charge < -0.3 is 0 Å². The summed E-state index contributed by atoms with van der Waals surface area (Å²) in [5.41, 5.74) is 0.549. The second-order valence-corrected chi connectivity index (χ2v) is 6.32. The number of hydrogen-bond donors (Lipinski definition) is 0. The maximum absolute atomic E-state index is 13.0. The molecule has 0 bridgehead atoms. The quantitative estimate of drug-likeness (QED) is 0.808. The summed E-state index contributed by atoms with van der Waals surface area (Å²) in [4.78, 5) is 11.8. The van der Waals surface area contributed by atoms with Gasteiger partial charge in [-0.3, -0.25) is 4.79 Å². The van der Waals surface area contributed by atoms with Gasteiger partial charge in [-0.25, -0.2) is 8.78 Å². The zero-order chi connectivity index (χ0) is 13.7. The van der Waals surface area contributed by atoms with Crippen LogP contribution in [-0.4, -0.2) is 16.8 Å². The fourth-order valence-electron chi connectivity index (χ4n) is 2.37. The topological polar surface area (TPSA) is 17.1 Å². The third kappa shape index (κ3) is 4.60. The smallest absolute Gasteiger partial charge is 0.159 e. The van der Waals surface area contributed by atoms with Crippen LogP contribution in [0.15, 0.2) is 18.2 Å². The van der Waals surface area contributed by atoms with Crippen LogP contribution in [0.5, 0.6) is 0 Å². The van der Waals surface area contributed by atoms with Crippen molar-refractivity contribution in [2.24, 2.45) is 0 Å². The van der Waals surface area contributed by atoms with Gasteiger partial charge in [0.15, 0.2) is 11.6 Å². The summed E-state index contributed by atoms with van der Waals surface area (Å²) in [5, 5.41) is 0.600. The Morgan fingerprint density at radius 1 is 1.16 bits per heavy atom. The number of benzene rings is 1. The number of halogens is 2. The van der Waals surface area contributed by atoms with Gasteiger partial charge in [-0.1, -0.05) is 25.3 Å². The highest BCUT2D eigenvalue weighted by atomic mass is 32.2. The Bertz CT molecular complexity index is 442. The van der Waals surface area contributed by atoms with Crippen LogP contribution in [-0.2, 0) is 11.2 Å². The molecule has 0 saturated heterocycles. The molecule has 1 fully saturated rings. The Labute approximate surface area is 116 Å². The Kier molecular flexibility index (Phi) is 5.37. The molecule has 2 rings (SSSR count). The van der Waals surface area contributed by atoms with Crippen molar-refractivity contribution in [3.8, 4) is 0 Å². The van der Waals surface area contributed by atoms with E-state index in [4.69, 9.17) is 0 Å². The van der Waals surface area contributed by atoms with Gasteiger partial charge >= 0.3 is 0 Å². The molecule has 104 valence electrons. The second kappa shape index (κ2) is 7.04. The minimum absolute atomic E-state index is 0.0848. The van der Waals surface area contributed by atoms with Gasteiger partial charge in [0, 0.05) is 11.7 Å². The lowest BCUT2D eigenvalue weighted by molar-refractivity contribution is -0.116. The molecule has 19 heavy (non-hydrogen) atoms. The van der Waals surface area contributed by atoms with Crippen LogP contribution >= 0.6 is 11.8 Å². The molecule has 0 atom stereocenters. The predicted octanol–water partition coefficient (Wildman–Crippen LogP) is 4.14. The Morgan fingerprint density at radius 2 is 1.89 bits per heavy atom. The van der Waals surface area contributed by atoms with E-state index < -0.39 is 11.6 Å². The number of Topliss-reactive ketones (excluding diaryl/α,β-unsaturated/α-hetero) is 1. The van der Waals surface area contributed by atoms with E-state index in [1.807, 2.05) is 0 Å². The molecule has 0 aromatic heterocycles. The molecule has 0 unspecified atom stereocenters. The van der Waals surface area contributed by atoms with Gasteiger partial charge in [-0.2, -0.15) is 11.8 Å². The lowest BCUT2D eigenvalue weighted by Gasteiger charge is -2.20. The van der Waals surface area contributed by atoms with E-state index in [-0.39, 0.29) is 12.2 Å². The summed E-state index contributed by atoms with van der Waals surface area (Å²) in [5.74, 6) is -1.19. The van der Waals surface area contributed by atoms with Crippen molar-refractivity contribution >= 4 is 17.5 Å². The Balaban J connectivity index is 1.78. The summed E-state index contributed by atoms with van der Waals surface area (Å²) in [6.07, 6.45) is 6.41. The highest BCUT2D eigenvalue weighted by Gasteiger charge is 2.15. The van der Waals surface area contributed by atoms with E-state index in [0.717, 1.165) is 12.1 Å². The summed E-state index contributed by atoms with van der Waals surface area (Å²) in [6.45, 7) is 0. The van der Waals surface area contributed by atoms with Crippen molar-refractivity contribution in [2.45, 2.75) is 43.8 Å². The van der Waals surface area contributed by atoms with Gasteiger partial charge in [0.05, 0.1) is 5.75 Å². The first kappa shape index (κ1) is 14.5. The molecular formula is C15H18F2OS. The molecule has 1 nitrogen and oxygen atoms in total. The van der Waals surface area contributed by atoms with E-state index in [1.165, 1.54) is 38.2 Å². The average Bonchev–Trinajstić information content (AvgIpc) is 2.42. The van der Waals surface area contributed by atoms with E-state index >= 15 is 0 Å². The average molecular weight is 284 g/mol.